The summed E-state index contributed by atoms with van der Waals surface area (Å²) in [7, 11) is -3.90. The van der Waals surface area contributed by atoms with Gasteiger partial charge in [-0.2, -0.15) is 0 Å². The lowest BCUT2D eigenvalue weighted by atomic mass is 10.1. The van der Waals surface area contributed by atoms with Gasteiger partial charge in [0.25, 0.3) is 0 Å². The van der Waals surface area contributed by atoms with Gasteiger partial charge in [-0.05, 0) is 18.2 Å². The molecule has 94 valence electrons. The molecule has 0 N–H and O–H groups in total. The molecule has 17 heavy (non-hydrogen) atoms. The Bertz CT molecular complexity index is 536. The first-order valence-corrected chi connectivity index (χ1v) is 6.60. The summed E-state index contributed by atoms with van der Waals surface area (Å²) in [6.07, 6.45) is 0. The monoisotopic (exact) mass is 262 g/mol. The summed E-state index contributed by atoms with van der Waals surface area (Å²) in [5.74, 6) is -3.96. The van der Waals surface area contributed by atoms with Crippen molar-refractivity contribution in [1.82, 2.24) is 0 Å². The van der Waals surface area contributed by atoms with Crippen molar-refractivity contribution in [1.29, 1.82) is 0 Å². The maximum absolute atomic E-state index is 12.9. The highest BCUT2D eigenvalue weighted by Gasteiger charge is 2.22. The van der Waals surface area contributed by atoms with Crippen LogP contribution < -0.4 is 0 Å². The van der Waals surface area contributed by atoms with Gasteiger partial charge < -0.3 is 0 Å². The van der Waals surface area contributed by atoms with Gasteiger partial charge in [0, 0.05) is 5.92 Å². The van der Waals surface area contributed by atoms with Crippen molar-refractivity contribution in [2.24, 2.45) is 5.92 Å². The van der Waals surface area contributed by atoms with Gasteiger partial charge in [-0.15, -0.1) is 0 Å². The zero-order valence-corrected chi connectivity index (χ0v) is 10.2. The van der Waals surface area contributed by atoms with Crippen LogP contribution in [-0.2, 0) is 14.6 Å². The molecule has 0 saturated carbocycles. The zero-order chi connectivity index (χ0) is 13.2. The van der Waals surface area contributed by atoms with E-state index in [0.29, 0.717) is 6.07 Å². The molecule has 0 bridgehead atoms. The number of sulfone groups is 1. The van der Waals surface area contributed by atoms with Gasteiger partial charge in [-0.1, -0.05) is 13.8 Å². The fourth-order valence-corrected chi connectivity index (χ4v) is 2.54. The second-order valence-corrected chi connectivity index (χ2v) is 5.95. The molecule has 0 aliphatic rings. The molecule has 0 saturated heterocycles. The molecule has 1 aromatic rings. The van der Waals surface area contributed by atoms with Crippen molar-refractivity contribution >= 4 is 15.6 Å². The van der Waals surface area contributed by atoms with Gasteiger partial charge in [0.05, 0.1) is 4.90 Å². The van der Waals surface area contributed by atoms with Gasteiger partial charge in [-0.3, -0.25) is 4.79 Å². The van der Waals surface area contributed by atoms with Crippen molar-refractivity contribution in [2.75, 3.05) is 5.75 Å². The van der Waals surface area contributed by atoms with E-state index < -0.39 is 38.9 Å². The lowest BCUT2D eigenvalue weighted by Crippen LogP contribution is -2.20. The first-order valence-electron chi connectivity index (χ1n) is 4.94. The third-order valence-electron chi connectivity index (χ3n) is 2.23. The molecule has 3 nitrogen and oxygen atoms in total. The lowest BCUT2D eigenvalue weighted by Gasteiger charge is -2.06. The minimum absolute atomic E-state index is 0.384. The molecule has 0 radical (unpaired) electrons. The second kappa shape index (κ2) is 4.91. The van der Waals surface area contributed by atoms with E-state index in [1.165, 1.54) is 0 Å². The predicted molar refractivity (Wildman–Crippen MR) is 58.3 cm³/mol. The van der Waals surface area contributed by atoms with Crippen LogP contribution in [0.2, 0.25) is 0 Å². The Morgan fingerprint density at radius 1 is 1.24 bits per heavy atom. The molecule has 0 amide bonds. The molecular formula is C11H12F2O3S. The number of carbonyl (C=O) groups is 1. The van der Waals surface area contributed by atoms with Crippen molar-refractivity contribution in [3.8, 4) is 0 Å². The van der Waals surface area contributed by atoms with Crippen LogP contribution in [0.1, 0.15) is 13.8 Å². The summed E-state index contributed by atoms with van der Waals surface area (Å²) in [5, 5.41) is 0. The molecule has 0 spiro atoms. The first-order chi connectivity index (χ1) is 7.74. The van der Waals surface area contributed by atoms with Crippen LogP contribution >= 0.6 is 0 Å². The second-order valence-electron chi connectivity index (χ2n) is 3.96. The fraction of sp³-hybridized carbons (Fsp3) is 0.364. The minimum atomic E-state index is -3.90. The molecule has 0 heterocycles. The summed E-state index contributed by atoms with van der Waals surface area (Å²) in [6.45, 7) is 3.15. The molecule has 0 unspecified atom stereocenters. The molecule has 1 aromatic carbocycles. The lowest BCUT2D eigenvalue weighted by molar-refractivity contribution is -0.119. The minimum Gasteiger partial charge on any atom is -0.298 e. The maximum atomic E-state index is 12.9. The van der Waals surface area contributed by atoms with Crippen LogP contribution in [0.25, 0.3) is 0 Å². The number of carbonyl (C=O) groups excluding carboxylic acids is 1. The number of halogens is 2. The van der Waals surface area contributed by atoms with Crippen LogP contribution in [0.3, 0.4) is 0 Å². The molecule has 0 aliphatic heterocycles. The molecular weight excluding hydrogens is 250 g/mol. The zero-order valence-electron chi connectivity index (χ0n) is 9.41. The van der Waals surface area contributed by atoms with Crippen LogP contribution in [-0.4, -0.2) is 20.0 Å². The number of hydrogen-bond donors (Lipinski definition) is 0. The fourth-order valence-electron chi connectivity index (χ4n) is 1.11. The van der Waals surface area contributed by atoms with Gasteiger partial charge in [0.1, 0.15) is 5.75 Å². The summed E-state index contributed by atoms with van der Waals surface area (Å²) in [6, 6.07) is 2.25. The average molecular weight is 262 g/mol. The van der Waals surface area contributed by atoms with E-state index in [1.54, 1.807) is 13.8 Å². The third-order valence-corrected chi connectivity index (χ3v) is 3.86. The van der Waals surface area contributed by atoms with E-state index >= 15 is 0 Å². The molecule has 6 heteroatoms. The van der Waals surface area contributed by atoms with E-state index in [-0.39, 0.29) is 4.90 Å². The molecule has 0 aromatic heterocycles. The van der Waals surface area contributed by atoms with Crippen molar-refractivity contribution < 1.29 is 22.0 Å². The number of rotatable bonds is 4. The summed E-state index contributed by atoms with van der Waals surface area (Å²) >= 11 is 0. The van der Waals surface area contributed by atoms with Crippen molar-refractivity contribution in [2.45, 2.75) is 18.7 Å². The van der Waals surface area contributed by atoms with Gasteiger partial charge in [0.2, 0.25) is 0 Å². The molecule has 1 rings (SSSR count). The van der Waals surface area contributed by atoms with Crippen LogP contribution in [0.4, 0.5) is 8.78 Å². The predicted octanol–water partition coefficient (Wildman–Crippen LogP) is 1.96. The third kappa shape index (κ3) is 3.33. The summed E-state index contributed by atoms with van der Waals surface area (Å²) in [4.78, 5) is 11.0. The number of hydrogen-bond acceptors (Lipinski definition) is 3. The van der Waals surface area contributed by atoms with E-state index in [0.717, 1.165) is 12.1 Å². The largest absolute Gasteiger partial charge is 0.298 e. The summed E-state index contributed by atoms with van der Waals surface area (Å²) in [5.41, 5.74) is 0. The molecule has 0 fully saturated rings. The number of benzene rings is 1. The summed E-state index contributed by atoms with van der Waals surface area (Å²) < 4.78 is 48.9. The highest BCUT2D eigenvalue weighted by molar-refractivity contribution is 7.92. The van der Waals surface area contributed by atoms with E-state index in [2.05, 4.69) is 0 Å². The van der Waals surface area contributed by atoms with Gasteiger partial charge in [-0.25, -0.2) is 17.2 Å². The van der Waals surface area contributed by atoms with Crippen LogP contribution in [0.15, 0.2) is 23.1 Å². The Labute approximate surface area is 98.4 Å². The Hall–Kier alpha value is -1.30. The molecule has 0 atom stereocenters. The highest BCUT2D eigenvalue weighted by Crippen LogP contribution is 2.16. The van der Waals surface area contributed by atoms with Crippen LogP contribution in [0, 0.1) is 17.6 Å². The van der Waals surface area contributed by atoms with Crippen molar-refractivity contribution in [3.63, 3.8) is 0 Å². The van der Waals surface area contributed by atoms with E-state index in [1.807, 2.05) is 0 Å². The van der Waals surface area contributed by atoms with E-state index in [9.17, 15) is 22.0 Å². The van der Waals surface area contributed by atoms with Gasteiger partial charge in [0.15, 0.2) is 27.3 Å². The Morgan fingerprint density at radius 2 is 1.82 bits per heavy atom. The topological polar surface area (TPSA) is 51.2 Å². The van der Waals surface area contributed by atoms with Crippen LogP contribution in [0.5, 0.6) is 0 Å². The SMILES string of the molecule is CC(C)C(=O)CS(=O)(=O)c1ccc(F)c(F)c1. The Balaban J connectivity index is 3.06. The van der Waals surface area contributed by atoms with Crippen molar-refractivity contribution in [3.05, 3.63) is 29.8 Å². The van der Waals surface area contributed by atoms with Gasteiger partial charge >= 0.3 is 0 Å². The quantitative estimate of drug-likeness (QED) is 0.779. The highest BCUT2D eigenvalue weighted by atomic mass is 32.2. The number of ketones is 1. The smallest absolute Gasteiger partial charge is 0.185 e. The Kier molecular flexibility index (Phi) is 3.98. The Morgan fingerprint density at radius 3 is 2.29 bits per heavy atom. The maximum Gasteiger partial charge on any atom is 0.185 e. The normalized spacial score (nSPS) is 11.8. The number of Topliss-reactive ketones (excluding diaryl/α,β-unsaturated/α-hetero) is 1. The molecule has 0 aliphatic carbocycles. The standard InChI is InChI=1S/C11H12F2O3S/c1-7(2)11(14)6-17(15,16)8-3-4-9(12)10(13)5-8/h3-5,7H,6H2,1-2H3. The first kappa shape index (κ1) is 13.8. The average Bonchev–Trinajstić information content (AvgIpc) is 2.21. The van der Waals surface area contributed by atoms with E-state index in [4.69, 9.17) is 0 Å².